The number of anilines is 1. The first-order valence-electron chi connectivity index (χ1n) is 8.39. The van der Waals surface area contributed by atoms with Crippen LogP contribution in [0.25, 0.3) is 16.9 Å². The molecule has 0 amide bonds. The number of nitriles is 1. The van der Waals surface area contributed by atoms with E-state index in [1.54, 1.807) is 23.0 Å². The highest BCUT2D eigenvalue weighted by molar-refractivity contribution is 5.63. The Morgan fingerprint density at radius 3 is 2.64 bits per heavy atom. The van der Waals surface area contributed by atoms with Gasteiger partial charge in [-0.15, -0.1) is 5.10 Å². The molecule has 4 rings (SSSR count). The molecule has 3 heterocycles. The van der Waals surface area contributed by atoms with Crippen LogP contribution in [-0.4, -0.2) is 36.8 Å². The Morgan fingerprint density at radius 1 is 1.08 bits per heavy atom. The van der Waals surface area contributed by atoms with E-state index in [1.165, 1.54) is 0 Å². The van der Waals surface area contributed by atoms with Crippen LogP contribution in [0.5, 0.6) is 0 Å². The monoisotopic (exact) mass is 334 g/mol. The van der Waals surface area contributed by atoms with Crippen LogP contribution in [0, 0.1) is 11.3 Å². The van der Waals surface area contributed by atoms with Crippen LogP contribution in [0.15, 0.2) is 36.7 Å². The summed E-state index contributed by atoms with van der Waals surface area (Å²) in [7, 11) is 0. The van der Waals surface area contributed by atoms with Crippen LogP contribution in [0.3, 0.4) is 0 Å². The molecular formula is C18H18N6O. The van der Waals surface area contributed by atoms with Crippen LogP contribution in [-0.2, 0) is 0 Å². The molecule has 0 saturated heterocycles. The first-order valence-corrected chi connectivity index (χ1v) is 8.39. The summed E-state index contributed by atoms with van der Waals surface area (Å²) in [5.74, 6) is 0.787. The van der Waals surface area contributed by atoms with Crippen LogP contribution in [0.1, 0.15) is 31.4 Å². The molecule has 1 fully saturated rings. The van der Waals surface area contributed by atoms with Crippen molar-refractivity contribution in [1.82, 2.24) is 19.6 Å². The molecule has 0 unspecified atom stereocenters. The minimum atomic E-state index is -0.169. The number of aliphatic hydroxyl groups excluding tert-OH is 1. The molecular weight excluding hydrogens is 316 g/mol. The molecule has 3 aromatic heterocycles. The molecule has 3 aromatic rings. The van der Waals surface area contributed by atoms with Gasteiger partial charge in [0.15, 0.2) is 5.65 Å². The molecule has 0 aliphatic heterocycles. The summed E-state index contributed by atoms with van der Waals surface area (Å²) < 4.78 is 1.78. The van der Waals surface area contributed by atoms with Gasteiger partial charge in [0.05, 0.1) is 18.0 Å². The quantitative estimate of drug-likeness (QED) is 0.763. The predicted octanol–water partition coefficient (Wildman–Crippen LogP) is 2.38. The van der Waals surface area contributed by atoms with Crippen LogP contribution < -0.4 is 5.32 Å². The molecule has 126 valence electrons. The molecule has 7 nitrogen and oxygen atoms in total. The Hall–Kier alpha value is -2.98. The third kappa shape index (κ3) is 3.16. The topological polar surface area (TPSA) is 99.1 Å². The molecule has 1 saturated carbocycles. The Balaban J connectivity index is 1.62. The molecule has 1 aliphatic rings. The maximum absolute atomic E-state index is 9.62. The smallest absolute Gasteiger partial charge is 0.154 e. The minimum absolute atomic E-state index is 0.169. The van der Waals surface area contributed by atoms with Crippen molar-refractivity contribution in [1.29, 1.82) is 5.26 Å². The second-order valence-electron chi connectivity index (χ2n) is 6.33. The van der Waals surface area contributed by atoms with Gasteiger partial charge in [0, 0.05) is 17.8 Å². The average Bonchev–Trinajstić information content (AvgIpc) is 3.07. The summed E-state index contributed by atoms with van der Waals surface area (Å²) in [4.78, 5) is 8.50. The zero-order valence-corrected chi connectivity index (χ0v) is 13.6. The van der Waals surface area contributed by atoms with Crippen molar-refractivity contribution in [3.05, 3.63) is 42.4 Å². The van der Waals surface area contributed by atoms with E-state index in [1.807, 2.05) is 24.3 Å². The van der Waals surface area contributed by atoms with E-state index in [9.17, 15) is 5.11 Å². The van der Waals surface area contributed by atoms with Crippen molar-refractivity contribution in [3.63, 3.8) is 0 Å². The van der Waals surface area contributed by atoms with Gasteiger partial charge in [-0.3, -0.25) is 0 Å². The zero-order valence-electron chi connectivity index (χ0n) is 13.6. The largest absolute Gasteiger partial charge is 0.393 e. The Bertz CT molecular complexity index is 919. The lowest BCUT2D eigenvalue weighted by molar-refractivity contribution is 0.126. The Labute approximate surface area is 145 Å². The van der Waals surface area contributed by atoms with Crippen LogP contribution >= 0.6 is 0 Å². The average molecular weight is 334 g/mol. The predicted molar refractivity (Wildman–Crippen MR) is 92.8 cm³/mol. The lowest BCUT2D eigenvalue weighted by atomic mass is 9.93. The zero-order chi connectivity index (χ0) is 17.2. The standard InChI is InChI=1S/C18H18N6O/c19-9-14-2-1-12(10-20-14)16-11-21-18-8-7-17(23-24(16)18)22-13-3-5-15(25)6-4-13/h1-2,7-8,10-11,13,15,25H,3-6H2,(H,22,23). The van der Waals surface area contributed by atoms with Crippen molar-refractivity contribution in [3.8, 4) is 17.3 Å². The highest BCUT2D eigenvalue weighted by Crippen LogP contribution is 2.23. The van der Waals surface area contributed by atoms with Gasteiger partial charge in [-0.2, -0.15) is 5.26 Å². The lowest BCUT2D eigenvalue weighted by Gasteiger charge is -2.26. The van der Waals surface area contributed by atoms with Crippen LogP contribution in [0.2, 0.25) is 0 Å². The maximum Gasteiger partial charge on any atom is 0.154 e. The van der Waals surface area contributed by atoms with Gasteiger partial charge in [0.1, 0.15) is 17.6 Å². The normalized spacial score (nSPS) is 20.3. The maximum atomic E-state index is 9.62. The van der Waals surface area contributed by atoms with Gasteiger partial charge in [0.2, 0.25) is 0 Å². The van der Waals surface area contributed by atoms with E-state index in [4.69, 9.17) is 5.26 Å². The van der Waals surface area contributed by atoms with E-state index >= 15 is 0 Å². The Kier molecular flexibility index (Phi) is 4.04. The number of nitrogens with one attached hydrogen (secondary N) is 1. The minimum Gasteiger partial charge on any atom is -0.393 e. The van der Waals surface area contributed by atoms with Gasteiger partial charge in [-0.1, -0.05) is 0 Å². The molecule has 2 N–H and O–H groups in total. The van der Waals surface area contributed by atoms with E-state index in [0.29, 0.717) is 11.7 Å². The first-order chi connectivity index (χ1) is 12.2. The first kappa shape index (κ1) is 15.5. The summed E-state index contributed by atoms with van der Waals surface area (Å²) in [6.07, 6.45) is 6.78. The summed E-state index contributed by atoms with van der Waals surface area (Å²) in [5.41, 5.74) is 2.82. The van der Waals surface area contributed by atoms with Crippen molar-refractivity contribution in [2.24, 2.45) is 0 Å². The molecule has 0 spiro atoms. The number of aliphatic hydroxyl groups is 1. The molecule has 0 bridgehead atoms. The number of nitrogens with zero attached hydrogens (tertiary/aromatic N) is 5. The van der Waals surface area contributed by atoms with Gasteiger partial charge in [0.25, 0.3) is 0 Å². The van der Waals surface area contributed by atoms with Gasteiger partial charge in [-0.25, -0.2) is 14.5 Å². The number of pyridine rings is 1. The second-order valence-corrected chi connectivity index (χ2v) is 6.33. The number of hydrogen-bond donors (Lipinski definition) is 2. The number of imidazole rings is 1. The van der Waals surface area contributed by atoms with Gasteiger partial charge < -0.3 is 10.4 Å². The third-order valence-corrected chi connectivity index (χ3v) is 4.58. The summed E-state index contributed by atoms with van der Waals surface area (Å²) >= 11 is 0. The Morgan fingerprint density at radius 2 is 1.92 bits per heavy atom. The number of hydrogen-bond acceptors (Lipinski definition) is 6. The van der Waals surface area contributed by atoms with Crippen molar-refractivity contribution in [2.75, 3.05) is 5.32 Å². The number of aromatic nitrogens is 4. The molecule has 1 aliphatic carbocycles. The molecule has 25 heavy (non-hydrogen) atoms. The number of fused-ring (bicyclic) bond motifs is 1. The van der Waals surface area contributed by atoms with Crippen LogP contribution in [0.4, 0.5) is 5.82 Å². The highest BCUT2D eigenvalue weighted by Gasteiger charge is 2.19. The lowest BCUT2D eigenvalue weighted by Crippen LogP contribution is -2.28. The molecule has 0 atom stereocenters. The van der Waals surface area contributed by atoms with Crippen molar-refractivity contribution in [2.45, 2.75) is 37.8 Å². The second kappa shape index (κ2) is 6.49. The molecule has 7 heteroatoms. The van der Waals surface area contributed by atoms with Crippen molar-refractivity contribution >= 4 is 11.5 Å². The fourth-order valence-electron chi connectivity index (χ4n) is 3.19. The number of rotatable bonds is 3. The van der Waals surface area contributed by atoms with Crippen molar-refractivity contribution < 1.29 is 5.11 Å². The third-order valence-electron chi connectivity index (χ3n) is 4.58. The SMILES string of the molecule is N#Cc1ccc(-c2cnc3ccc(NC4CCC(O)CC4)nn23)cn1. The molecule has 0 radical (unpaired) electrons. The van der Waals surface area contributed by atoms with Gasteiger partial charge >= 0.3 is 0 Å². The molecule has 0 aromatic carbocycles. The summed E-state index contributed by atoms with van der Waals surface area (Å²) in [5, 5.41) is 26.6. The summed E-state index contributed by atoms with van der Waals surface area (Å²) in [6, 6.07) is 9.73. The fraction of sp³-hybridized carbons (Fsp3) is 0.333. The van der Waals surface area contributed by atoms with E-state index in [-0.39, 0.29) is 6.10 Å². The van der Waals surface area contributed by atoms with E-state index < -0.39 is 0 Å². The highest BCUT2D eigenvalue weighted by atomic mass is 16.3. The van der Waals surface area contributed by atoms with E-state index in [0.717, 1.165) is 48.4 Å². The van der Waals surface area contributed by atoms with Gasteiger partial charge in [-0.05, 0) is 49.9 Å². The fourth-order valence-corrected chi connectivity index (χ4v) is 3.19. The summed E-state index contributed by atoms with van der Waals surface area (Å²) in [6.45, 7) is 0. The van der Waals surface area contributed by atoms with E-state index in [2.05, 4.69) is 20.4 Å².